The van der Waals surface area contributed by atoms with E-state index >= 15 is 0 Å². The molecule has 4 heterocycles. The van der Waals surface area contributed by atoms with Crippen molar-refractivity contribution in [2.45, 2.75) is 58.0 Å². The van der Waals surface area contributed by atoms with Gasteiger partial charge in [-0.15, -0.1) is 0 Å². The summed E-state index contributed by atoms with van der Waals surface area (Å²) in [5.74, 6) is -0.240. The number of nitrogens with zero attached hydrogens (tertiary/aromatic N) is 5. The number of halogens is 2. The molecule has 0 spiro atoms. The van der Waals surface area contributed by atoms with Gasteiger partial charge >= 0.3 is 11.8 Å². The zero-order valence-electron chi connectivity index (χ0n) is 25.8. The number of amidine groups is 1. The number of carbonyl (C=O) groups is 1. The molecule has 2 aromatic carbocycles. The van der Waals surface area contributed by atoms with Gasteiger partial charge in [-0.1, -0.05) is 6.07 Å². The van der Waals surface area contributed by atoms with Crippen molar-refractivity contribution >= 4 is 35.5 Å². The van der Waals surface area contributed by atoms with Crippen molar-refractivity contribution in [2.24, 2.45) is 4.99 Å². The fourth-order valence-corrected chi connectivity index (χ4v) is 5.56. The number of carbonyl (C=O) groups excluding carboxylic acids is 1. The first-order valence-electron chi connectivity index (χ1n) is 15.5. The van der Waals surface area contributed by atoms with Crippen LogP contribution in [0.25, 0.3) is 6.08 Å². The van der Waals surface area contributed by atoms with Gasteiger partial charge in [0.15, 0.2) is 23.1 Å². The number of esters is 1. The predicted octanol–water partition coefficient (Wildman–Crippen LogP) is 5.39. The second-order valence-corrected chi connectivity index (χ2v) is 11.3. The lowest BCUT2D eigenvalue weighted by Crippen LogP contribution is -2.47. The second kappa shape index (κ2) is 14.3. The number of rotatable bonds is 11. The molecule has 3 aromatic rings. The van der Waals surface area contributed by atoms with Crippen LogP contribution in [0.1, 0.15) is 44.5 Å². The van der Waals surface area contributed by atoms with Crippen LogP contribution in [0, 0.1) is 11.6 Å². The summed E-state index contributed by atoms with van der Waals surface area (Å²) >= 11 is 0. The molecule has 0 bridgehead atoms. The third-order valence-corrected chi connectivity index (χ3v) is 8.06. The van der Waals surface area contributed by atoms with Crippen LogP contribution in [0.15, 0.2) is 59.7 Å². The third-order valence-electron chi connectivity index (χ3n) is 8.06. The van der Waals surface area contributed by atoms with Crippen molar-refractivity contribution in [2.75, 3.05) is 26.3 Å². The minimum Gasteiger partial charge on any atom is -0.483 e. The van der Waals surface area contributed by atoms with Crippen LogP contribution in [-0.4, -0.2) is 82.0 Å². The molecule has 3 aliphatic heterocycles. The summed E-state index contributed by atoms with van der Waals surface area (Å²) < 4.78 is 51.6. The number of hydrogen-bond donors (Lipinski definition) is 0. The maximum atomic E-state index is 13.9. The number of ether oxygens (including phenoxy) is 4. The molecule has 12 heteroatoms. The SMILES string of the molecule is CCOC(=O)/C=C/c1ccc2c(c1)[N+](=C[C@@H]1CCO1)C(CN1CCC(Oc3ccnc(COc4ccc(F)cc4F)n3)C[C@@H]1C)=N2. The first-order valence-corrected chi connectivity index (χ1v) is 15.5. The molecule has 2 saturated heterocycles. The van der Waals surface area contributed by atoms with E-state index in [9.17, 15) is 13.6 Å². The largest absolute Gasteiger partial charge is 0.483 e. The standard InChI is InChI=1S/C34H36F2N5O5/c1-3-43-34(42)9-5-23-4-7-28-29(17-23)41(19-26-12-15-44-26)32(38-28)20-40-14-11-25(16-22(40)2)46-33-10-13-37-31(39-33)21-45-30-8-6-24(35)18-27(30)36/h4-10,13,17-19,22,25-26H,3,11-12,14-16,20-21H2,1-2H3/q+1/b9-5+,41-19?/t22-,25?,26-/m0/s1. The fourth-order valence-electron chi connectivity index (χ4n) is 5.56. The molecule has 2 fully saturated rings. The van der Waals surface area contributed by atoms with E-state index in [4.69, 9.17) is 23.9 Å². The van der Waals surface area contributed by atoms with Crippen LogP contribution in [0.4, 0.5) is 20.2 Å². The zero-order chi connectivity index (χ0) is 32.0. The van der Waals surface area contributed by atoms with Gasteiger partial charge in [0, 0.05) is 43.4 Å². The maximum Gasteiger partial charge on any atom is 0.330 e. The Bertz CT molecular complexity index is 1680. The molecule has 240 valence electrons. The Morgan fingerprint density at radius 3 is 2.80 bits per heavy atom. The van der Waals surface area contributed by atoms with E-state index in [-0.39, 0.29) is 36.6 Å². The quantitative estimate of drug-likeness (QED) is 0.158. The first-order chi connectivity index (χ1) is 22.3. The molecule has 3 atom stereocenters. The van der Waals surface area contributed by atoms with Crippen molar-refractivity contribution in [1.82, 2.24) is 14.9 Å². The van der Waals surface area contributed by atoms with E-state index in [1.165, 1.54) is 12.1 Å². The summed E-state index contributed by atoms with van der Waals surface area (Å²) in [6.07, 6.45) is 9.37. The van der Waals surface area contributed by atoms with Gasteiger partial charge in [0.2, 0.25) is 11.6 Å². The average Bonchev–Trinajstić information content (AvgIpc) is 3.35. The normalized spacial score (nSPS) is 22.0. The highest BCUT2D eigenvalue weighted by atomic mass is 19.1. The molecule has 3 aliphatic rings. The molecule has 0 radical (unpaired) electrons. The summed E-state index contributed by atoms with van der Waals surface area (Å²) in [5.41, 5.74) is 2.70. The van der Waals surface area contributed by atoms with E-state index in [2.05, 4.69) is 32.6 Å². The van der Waals surface area contributed by atoms with Gasteiger partial charge in [-0.25, -0.2) is 18.6 Å². The Hall–Kier alpha value is -4.55. The molecule has 46 heavy (non-hydrogen) atoms. The Morgan fingerprint density at radius 1 is 1.17 bits per heavy atom. The van der Waals surface area contributed by atoms with E-state index in [1.807, 2.05) is 18.2 Å². The van der Waals surface area contributed by atoms with Crippen LogP contribution in [-0.2, 0) is 20.9 Å². The Labute approximate surface area is 266 Å². The van der Waals surface area contributed by atoms with Crippen molar-refractivity contribution < 1.29 is 37.1 Å². The molecular weight excluding hydrogens is 596 g/mol. The van der Waals surface area contributed by atoms with Crippen LogP contribution in [0.2, 0.25) is 0 Å². The highest BCUT2D eigenvalue weighted by Gasteiger charge is 2.36. The summed E-state index contributed by atoms with van der Waals surface area (Å²) in [6.45, 7) is 6.40. The van der Waals surface area contributed by atoms with Crippen molar-refractivity contribution in [3.05, 3.63) is 77.8 Å². The van der Waals surface area contributed by atoms with E-state index in [1.54, 1.807) is 25.3 Å². The molecule has 10 nitrogen and oxygen atoms in total. The number of aliphatic imine (C=N–C) groups is 1. The molecule has 1 aromatic heterocycles. The number of piperidine rings is 1. The topological polar surface area (TPSA) is 98.4 Å². The third kappa shape index (κ3) is 7.63. The Balaban J connectivity index is 1.07. The molecule has 0 aliphatic carbocycles. The van der Waals surface area contributed by atoms with Crippen LogP contribution >= 0.6 is 0 Å². The Kier molecular flexibility index (Phi) is 9.74. The Morgan fingerprint density at radius 2 is 2.04 bits per heavy atom. The van der Waals surface area contributed by atoms with E-state index in [0.717, 1.165) is 67.3 Å². The number of benzene rings is 2. The van der Waals surface area contributed by atoms with Gasteiger partial charge in [-0.05, 0) is 67.6 Å². The molecule has 6 rings (SSSR count). The van der Waals surface area contributed by atoms with Gasteiger partial charge < -0.3 is 18.9 Å². The summed E-state index contributed by atoms with van der Waals surface area (Å²) in [5, 5.41) is 0. The highest BCUT2D eigenvalue weighted by Crippen LogP contribution is 2.36. The number of hydrogen-bond acceptors (Lipinski definition) is 9. The van der Waals surface area contributed by atoms with Gasteiger partial charge in [-0.2, -0.15) is 9.56 Å². The maximum absolute atomic E-state index is 13.9. The monoisotopic (exact) mass is 632 g/mol. The van der Waals surface area contributed by atoms with Gasteiger partial charge in [0.05, 0.1) is 13.2 Å². The molecular formula is C34H36F2N5O5+. The van der Waals surface area contributed by atoms with Gasteiger partial charge in [-0.3, -0.25) is 4.90 Å². The van der Waals surface area contributed by atoms with E-state index in [0.29, 0.717) is 24.9 Å². The lowest BCUT2D eigenvalue weighted by atomic mass is 10.0. The van der Waals surface area contributed by atoms with Gasteiger partial charge in [0.25, 0.3) is 0 Å². The number of likely N-dealkylation sites (tertiary alicyclic amines) is 1. The summed E-state index contributed by atoms with van der Waals surface area (Å²) in [6, 6.07) is 11.0. The van der Waals surface area contributed by atoms with E-state index < -0.39 is 11.6 Å². The number of fused-ring (bicyclic) bond motifs is 1. The molecule has 1 unspecified atom stereocenters. The lowest BCUT2D eigenvalue weighted by Gasteiger charge is -2.36. The van der Waals surface area contributed by atoms with Gasteiger partial charge in [0.1, 0.15) is 37.4 Å². The zero-order valence-corrected chi connectivity index (χ0v) is 25.8. The molecule has 0 amide bonds. The first kappa shape index (κ1) is 31.4. The molecule has 0 N–H and O–H groups in total. The van der Waals surface area contributed by atoms with Crippen molar-refractivity contribution in [3.8, 4) is 11.6 Å². The van der Waals surface area contributed by atoms with Crippen molar-refractivity contribution in [3.63, 3.8) is 0 Å². The summed E-state index contributed by atoms with van der Waals surface area (Å²) in [4.78, 5) is 27.8. The molecule has 0 saturated carbocycles. The highest BCUT2D eigenvalue weighted by molar-refractivity contribution is 5.93. The van der Waals surface area contributed by atoms with Crippen LogP contribution < -0.4 is 9.47 Å². The predicted molar refractivity (Wildman–Crippen MR) is 167 cm³/mol. The average molecular weight is 633 g/mol. The van der Waals surface area contributed by atoms with Crippen molar-refractivity contribution in [1.29, 1.82) is 0 Å². The van der Waals surface area contributed by atoms with Crippen LogP contribution in [0.5, 0.6) is 11.6 Å². The smallest absolute Gasteiger partial charge is 0.330 e. The van der Waals surface area contributed by atoms with Crippen LogP contribution in [0.3, 0.4) is 0 Å². The fraction of sp³-hybridized carbons (Fsp3) is 0.382. The lowest BCUT2D eigenvalue weighted by molar-refractivity contribution is -0.306. The second-order valence-electron chi connectivity index (χ2n) is 11.3. The minimum atomic E-state index is -0.786. The summed E-state index contributed by atoms with van der Waals surface area (Å²) in [7, 11) is 0. The minimum absolute atomic E-state index is 0.0318. The number of aromatic nitrogens is 2.